The molecule has 3 aliphatic carbocycles. The van der Waals surface area contributed by atoms with Crippen molar-refractivity contribution in [3.63, 3.8) is 0 Å². The average molecular weight is 916 g/mol. The number of epoxide rings is 1. The number of nitrogens with one attached hydrogen (secondary N) is 4. The first-order valence-electron chi connectivity index (χ1n) is 23.7. The third-order valence-corrected chi connectivity index (χ3v) is 13.8. The number of rotatable bonds is 21. The van der Waals surface area contributed by atoms with E-state index in [9.17, 15) is 5.11 Å². The number of ether oxygens (including phenoxy) is 2. The van der Waals surface area contributed by atoms with Crippen LogP contribution in [0.15, 0.2) is 95.3 Å². The first-order chi connectivity index (χ1) is 32.2. The van der Waals surface area contributed by atoms with E-state index < -0.39 is 40.3 Å². The Morgan fingerprint density at radius 3 is 2.70 bits per heavy atom. The topological polar surface area (TPSA) is 232 Å². The number of aliphatic hydroxyl groups excluding tert-OH is 1. The van der Waals surface area contributed by atoms with Gasteiger partial charge in [-0.2, -0.15) is 0 Å². The molecule has 15 nitrogen and oxygen atoms in total. The van der Waals surface area contributed by atoms with Gasteiger partial charge < -0.3 is 47.3 Å². The number of ketones is 2. The van der Waals surface area contributed by atoms with Gasteiger partial charge in [0.05, 0.1) is 12.7 Å². The Labute approximate surface area is 394 Å². The Morgan fingerprint density at radius 2 is 1.97 bits per heavy atom. The van der Waals surface area contributed by atoms with E-state index in [1.165, 1.54) is 5.57 Å². The molecule has 0 bridgehead atoms. The maximum atomic E-state index is 15.5. The molecule has 7 rings (SSSR count). The first-order valence-corrected chi connectivity index (χ1v) is 23.7. The van der Waals surface area contributed by atoms with Crippen molar-refractivity contribution in [1.82, 2.24) is 25.9 Å². The Balaban J connectivity index is 1.25. The Morgan fingerprint density at radius 1 is 1.15 bits per heavy atom. The molecule has 67 heavy (non-hydrogen) atoms. The van der Waals surface area contributed by atoms with E-state index in [0.717, 1.165) is 36.0 Å². The lowest BCUT2D eigenvalue weighted by molar-refractivity contribution is -0.158. The third kappa shape index (κ3) is 10.5. The number of hydrogen-bond donors (Lipinski definition) is 7. The molecule has 3 aromatic rings. The van der Waals surface area contributed by atoms with Crippen molar-refractivity contribution in [2.45, 2.75) is 115 Å². The average Bonchev–Trinajstić information content (AvgIpc) is 4.03. The second-order valence-corrected chi connectivity index (χ2v) is 19.3. The van der Waals surface area contributed by atoms with Crippen LogP contribution < -0.4 is 32.7 Å². The molecular weight excluding hydrogens is 847 g/mol. The number of carbonyl (C=O) groups excluding carboxylic acids is 3. The summed E-state index contributed by atoms with van der Waals surface area (Å²) in [5, 5.41) is 23.3. The van der Waals surface area contributed by atoms with E-state index in [-0.39, 0.29) is 48.1 Å². The van der Waals surface area contributed by atoms with Crippen LogP contribution in [-0.2, 0) is 27.1 Å². The Kier molecular flexibility index (Phi) is 15.5. The smallest absolute Gasteiger partial charge is 0.350 e. The predicted octanol–water partition coefficient (Wildman–Crippen LogP) is 5.92. The maximum absolute atomic E-state index is 15.5. The molecule has 2 aromatic heterocycles. The quantitative estimate of drug-likeness (QED) is 0.0125. The summed E-state index contributed by atoms with van der Waals surface area (Å²) in [6.07, 6.45) is 16.2. The highest BCUT2D eigenvalue weighted by molar-refractivity contribution is 6.33. The second-order valence-electron chi connectivity index (χ2n) is 19.3. The number of nitrogen functional groups attached to an aromatic ring is 1. The van der Waals surface area contributed by atoms with Crippen LogP contribution in [0.1, 0.15) is 116 Å². The summed E-state index contributed by atoms with van der Waals surface area (Å²) in [4.78, 5) is 58.9. The van der Waals surface area contributed by atoms with Gasteiger partial charge in [-0.3, -0.25) is 14.6 Å². The van der Waals surface area contributed by atoms with E-state index in [1.54, 1.807) is 37.6 Å². The van der Waals surface area contributed by atoms with Gasteiger partial charge >= 0.3 is 5.97 Å². The van der Waals surface area contributed by atoms with Crippen molar-refractivity contribution >= 4 is 35.1 Å². The zero-order chi connectivity index (χ0) is 47.9. The lowest BCUT2D eigenvalue weighted by atomic mass is 9.69. The van der Waals surface area contributed by atoms with Crippen LogP contribution in [0.25, 0.3) is 0 Å². The summed E-state index contributed by atoms with van der Waals surface area (Å²) < 4.78 is 13.2. The van der Waals surface area contributed by atoms with Gasteiger partial charge in [-0.25, -0.2) is 14.8 Å². The highest BCUT2D eigenvalue weighted by Crippen LogP contribution is 2.59. The summed E-state index contributed by atoms with van der Waals surface area (Å²) in [6, 6.07) is 12.4. The van der Waals surface area contributed by atoms with Gasteiger partial charge in [0.25, 0.3) is 5.60 Å². The fourth-order valence-corrected chi connectivity index (χ4v) is 10.5. The molecule has 0 radical (unpaired) electrons. The van der Waals surface area contributed by atoms with Crippen molar-refractivity contribution in [3.8, 4) is 0 Å². The molecule has 1 aliphatic heterocycles. The molecule has 9 N–H and O–H groups in total. The van der Waals surface area contributed by atoms with Crippen LogP contribution in [0.2, 0.25) is 0 Å². The van der Waals surface area contributed by atoms with Crippen LogP contribution in [-0.4, -0.2) is 95.8 Å². The van der Waals surface area contributed by atoms with Gasteiger partial charge in [-0.05, 0) is 124 Å². The standard InChI is InChI=1S/C52H69N9O6/c1-7-57-41-26-35-13-9-8-12-34(35)25-39(41)42(16-11-23-62)66-48(65)52-47(64)45-37(29-50(3,4)28-33-17-18-43(53)59-30-33)14-10-15-38(45)46(63)51(52,67-52)21-19-32(2)24-40(61-49(54)56-6)36-20-22-58-44(27-36)60-31-55-5/h9-10,13-15,17-20,22,26-27,30,34,39-42,55,57,62H,7-8,11-12,16,21,23-25,28-29,31H2,1-6H3,(H2,53,59)(H,58,60)(H3,54,56,61)/b32-19+/t34-,39+,40+,41+,42-,51-,52-/m0/s1. The number of pyridine rings is 2. The molecule has 15 heteroatoms. The van der Waals surface area contributed by atoms with E-state index in [1.807, 2.05) is 51.2 Å². The number of nitrogens with two attached hydrogens (primary N) is 2. The van der Waals surface area contributed by atoms with E-state index in [4.69, 9.17) is 20.9 Å². The van der Waals surface area contributed by atoms with Crippen molar-refractivity contribution in [3.05, 3.63) is 118 Å². The minimum atomic E-state index is -2.22. The van der Waals surface area contributed by atoms with Gasteiger partial charge in [0.2, 0.25) is 5.78 Å². The Hall–Kier alpha value is -5.74. The SMILES string of the molecule is CCN[C@@H]1C=C2C=CCC[C@H]2C[C@H]1[C@H](CCCO)OC(=O)[C@]12O[C@@]1(C/C=C(\C)C[C@@H](NC(N)=NC)c1ccnc(NCNC)c1)C(=O)c1cccc(CC(C)(C)Cc3ccc(N)nc3)c1C2=O. The van der Waals surface area contributed by atoms with Crippen LogP contribution in [0, 0.1) is 17.3 Å². The monoisotopic (exact) mass is 916 g/mol. The fourth-order valence-electron chi connectivity index (χ4n) is 10.5. The van der Waals surface area contributed by atoms with Gasteiger partial charge in [-0.15, -0.1) is 0 Å². The van der Waals surface area contributed by atoms with Crippen molar-refractivity contribution in [1.29, 1.82) is 0 Å². The number of nitrogens with zero attached hydrogens (tertiary/aromatic N) is 3. The number of fused-ring (bicyclic) bond motifs is 3. The number of benzene rings is 1. The van der Waals surface area contributed by atoms with E-state index >= 15 is 14.4 Å². The molecule has 358 valence electrons. The molecule has 0 amide bonds. The summed E-state index contributed by atoms with van der Waals surface area (Å²) >= 11 is 0. The predicted molar refractivity (Wildman–Crippen MR) is 261 cm³/mol. The molecular formula is C52H69N9O6. The molecule has 1 aromatic carbocycles. The van der Waals surface area contributed by atoms with E-state index in [0.29, 0.717) is 68.4 Å². The number of anilines is 2. The lowest BCUT2D eigenvalue weighted by Crippen LogP contribution is -2.53. The van der Waals surface area contributed by atoms with Crippen LogP contribution in [0.3, 0.4) is 0 Å². The number of Topliss-reactive ketones (excluding diaryl/α,β-unsaturated/α-hetero) is 2. The van der Waals surface area contributed by atoms with Crippen molar-refractivity contribution < 1.29 is 29.0 Å². The van der Waals surface area contributed by atoms with Gasteiger partial charge in [-0.1, -0.05) is 74.9 Å². The second kappa shape index (κ2) is 21.1. The van der Waals surface area contributed by atoms with Gasteiger partial charge in [0, 0.05) is 55.6 Å². The third-order valence-electron chi connectivity index (χ3n) is 13.8. The number of likely N-dealkylation sites (N-methyl/N-ethyl adjacent to an activating group) is 1. The molecule has 3 heterocycles. The van der Waals surface area contributed by atoms with Crippen LogP contribution in [0.5, 0.6) is 0 Å². The van der Waals surface area contributed by atoms with Gasteiger partial charge in [0.15, 0.2) is 17.3 Å². The number of aromatic nitrogens is 2. The molecule has 7 atom stereocenters. The number of esters is 1. The fraction of sp³-hybridized carbons (Fsp3) is 0.500. The lowest BCUT2D eigenvalue weighted by Gasteiger charge is -2.40. The molecule has 1 saturated heterocycles. The number of hydrogen-bond acceptors (Lipinski definition) is 13. The number of aliphatic imine (C=N–C) groups is 1. The van der Waals surface area contributed by atoms with E-state index in [2.05, 4.69) is 68.3 Å². The Bertz CT molecular complexity index is 2410. The highest BCUT2D eigenvalue weighted by Gasteiger charge is 2.85. The first kappa shape index (κ1) is 49.2. The highest BCUT2D eigenvalue weighted by atomic mass is 16.7. The summed E-state index contributed by atoms with van der Waals surface area (Å²) in [5.41, 5.74) is 12.7. The molecule has 0 unspecified atom stereocenters. The number of aliphatic hydroxyl groups is 1. The molecule has 1 fully saturated rings. The zero-order valence-electron chi connectivity index (χ0n) is 39.9. The summed E-state index contributed by atoms with van der Waals surface area (Å²) in [7, 11) is 3.44. The normalized spacial score (nSPS) is 24.5. The van der Waals surface area contributed by atoms with Crippen molar-refractivity contribution in [2.24, 2.45) is 28.0 Å². The minimum Gasteiger partial charge on any atom is -0.459 e. The number of guanidine groups is 1. The van der Waals surface area contributed by atoms with Crippen molar-refractivity contribution in [2.75, 3.05) is 45.0 Å². The summed E-state index contributed by atoms with van der Waals surface area (Å²) in [5.74, 6) is -0.384. The van der Waals surface area contributed by atoms with Crippen LogP contribution >= 0.6 is 0 Å². The largest absolute Gasteiger partial charge is 0.459 e. The molecule has 0 saturated carbocycles. The van der Waals surface area contributed by atoms with Crippen LogP contribution in [0.4, 0.5) is 11.6 Å². The molecule has 0 spiro atoms. The molecule has 4 aliphatic rings. The summed E-state index contributed by atoms with van der Waals surface area (Å²) in [6.45, 7) is 9.30. The number of allylic oxidation sites excluding steroid dienone is 3. The minimum absolute atomic E-state index is 0.0571. The zero-order valence-corrected chi connectivity index (χ0v) is 39.9. The van der Waals surface area contributed by atoms with Gasteiger partial charge in [0.1, 0.15) is 17.7 Å². The maximum Gasteiger partial charge on any atom is 0.350 e. The number of carbonyl (C=O) groups is 3.